The summed E-state index contributed by atoms with van der Waals surface area (Å²) in [5.41, 5.74) is 3.86. The molecule has 0 unspecified atom stereocenters. The fourth-order valence-electron chi connectivity index (χ4n) is 5.31. The molecule has 2 amide bonds. The Morgan fingerprint density at radius 2 is 1.74 bits per heavy atom. The predicted octanol–water partition coefficient (Wildman–Crippen LogP) is 3.55. The van der Waals surface area contributed by atoms with Crippen molar-refractivity contribution in [2.75, 3.05) is 44.6 Å². The summed E-state index contributed by atoms with van der Waals surface area (Å²) in [6.45, 7) is 5.76. The van der Waals surface area contributed by atoms with Crippen LogP contribution < -0.4 is 20.7 Å². The van der Waals surface area contributed by atoms with Gasteiger partial charge in [0.25, 0.3) is 5.91 Å². The second kappa shape index (κ2) is 14.2. The van der Waals surface area contributed by atoms with Crippen LogP contribution in [0.4, 0.5) is 5.69 Å². The number of carbonyl (C=O) groups is 2. The van der Waals surface area contributed by atoms with Crippen LogP contribution in [-0.4, -0.2) is 67.2 Å². The molecule has 2 aromatic rings. The number of nitrogens with one attached hydrogen (secondary N) is 3. The van der Waals surface area contributed by atoms with Crippen molar-refractivity contribution < 1.29 is 19.4 Å². The van der Waals surface area contributed by atoms with E-state index in [1.807, 2.05) is 6.07 Å². The Morgan fingerprint density at radius 1 is 1.00 bits per heavy atom. The number of phenols is 1. The van der Waals surface area contributed by atoms with Gasteiger partial charge in [0, 0.05) is 32.1 Å². The molecule has 2 aliphatic rings. The van der Waals surface area contributed by atoms with Crippen LogP contribution in [0.15, 0.2) is 36.4 Å². The Morgan fingerprint density at radius 3 is 2.53 bits per heavy atom. The maximum absolute atomic E-state index is 13.2. The molecule has 0 atom stereocenters. The topological polar surface area (TPSA) is 103 Å². The second-order valence-electron chi connectivity index (χ2n) is 10.4. The highest BCUT2D eigenvalue weighted by molar-refractivity contribution is 5.97. The molecule has 0 bridgehead atoms. The normalized spacial score (nSPS) is 15.4. The van der Waals surface area contributed by atoms with Crippen molar-refractivity contribution in [3.05, 3.63) is 53.1 Å². The summed E-state index contributed by atoms with van der Waals surface area (Å²) < 4.78 is 5.58. The van der Waals surface area contributed by atoms with Crippen molar-refractivity contribution in [1.29, 1.82) is 0 Å². The first-order valence-corrected chi connectivity index (χ1v) is 14.0. The molecule has 1 fully saturated rings. The van der Waals surface area contributed by atoms with Crippen molar-refractivity contribution in [2.24, 2.45) is 0 Å². The lowest BCUT2D eigenvalue weighted by molar-refractivity contribution is -0.134. The van der Waals surface area contributed by atoms with Crippen LogP contribution in [0.25, 0.3) is 0 Å². The van der Waals surface area contributed by atoms with Gasteiger partial charge in [0.15, 0.2) is 12.4 Å². The first-order chi connectivity index (χ1) is 18.5. The number of hydrogen-bond donors (Lipinski definition) is 4. The van der Waals surface area contributed by atoms with E-state index in [1.54, 1.807) is 6.07 Å². The van der Waals surface area contributed by atoms with Gasteiger partial charge in [-0.2, -0.15) is 0 Å². The maximum atomic E-state index is 13.2. The number of fused-ring (bicyclic) bond motifs is 1. The number of phenolic OH excluding ortho intramolecular Hbond substituents is 1. The molecule has 1 aliphatic carbocycles. The predicted molar refractivity (Wildman–Crippen MR) is 150 cm³/mol. The van der Waals surface area contributed by atoms with Gasteiger partial charge in [0.1, 0.15) is 11.4 Å². The van der Waals surface area contributed by atoms with Crippen LogP contribution in [0.1, 0.15) is 55.2 Å². The van der Waals surface area contributed by atoms with Gasteiger partial charge in [0.2, 0.25) is 5.91 Å². The van der Waals surface area contributed by atoms with Gasteiger partial charge in [-0.15, -0.1) is 0 Å². The molecule has 0 aromatic heterocycles. The summed E-state index contributed by atoms with van der Waals surface area (Å²) in [6.07, 6.45) is 8.01. The van der Waals surface area contributed by atoms with Crippen LogP contribution in [0, 0.1) is 6.92 Å². The van der Waals surface area contributed by atoms with Crippen LogP contribution in [0.5, 0.6) is 11.5 Å². The van der Waals surface area contributed by atoms with E-state index >= 15 is 0 Å². The molecule has 8 heteroatoms. The zero-order chi connectivity index (χ0) is 26.7. The first kappa shape index (κ1) is 27.9. The lowest BCUT2D eigenvalue weighted by Crippen LogP contribution is -2.45. The molecule has 4 rings (SSSR count). The molecular weight excluding hydrogens is 480 g/mol. The molecular formula is C30H42N4O4. The third-order valence-corrected chi connectivity index (χ3v) is 7.49. The van der Waals surface area contributed by atoms with Crippen LogP contribution in [0.2, 0.25) is 0 Å². The maximum Gasteiger partial charge on any atom is 0.262 e. The van der Waals surface area contributed by atoms with E-state index in [0.29, 0.717) is 50.0 Å². The molecule has 1 heterocycles. The average Bonchev–Trinajstić information content (AvgIpc) is 2.93. The number of nitrogens with zero attached hydrogens (tertiary/aromatic N) is 1. The monoisotopic (exact) mass is 522 g/mol. The van der Waals surface area contributed by atoms with Crippen LogP contribution >= 0.6 is 0 Å². The number of hydrogen-bond acceptors (Lipinski definition) is 6. The zero-order valence-corrected chi connectivity index (χ0v) is 22.6. The van der Waals surface area contributed by atoms with Crippen molar-refractivity contribution in [2.45, 2.75) is 64.3 Å². The highest BCUT2D eigenvalue weighted by Crippen LogP contribution is 2.39. The first-order valence-electron chi connectivity index (χ1n) is 14.0. The molecule has 206 valence electrons. The lowest BCUT2D eigenvalue weighted by Gasteiger charge is -2.34. The minimum Gasteiger partial charge on any atom is -0.506 e. The molecule has 38 heavy (non-hydrogen) atoms. The van der Waals surface area contributed by atoms with Gasteiger partial charge < -0.3 is 30.7 Å². The zero-order valence-electron chi connectivity index (χ0n) is 22.6. The summed E-state index contributed by atoms with van der Waals surface area (Å²) in [5, 5.41) is 19.6. The quantitative estimate of drug-likeness (QED) is 0.237. The molecule has 0 radical (unpaired) electrons. The van der Waals surface area contributed by atoms with Gasteiger partial charge >= 0.3 is 0 Å². The van der Waals surface area contributed by atoms with E-state index in [1.165, 1.54) is 30.4 Å². The molecule has 2 aromatic carbocycles. The smallest absolute Gasteiger partial charge is 0.262 e. The molecule has 1 saturated carbocycles. The molecule has 8 nitrogen and oxygen atoms in total. The second-order valence-corrected chi connectivity index (χ2v) is 10.4. The number of aromatic hydroxyl groups is 1. The SMILES string of the molecule is Cc1ccc(CCNCCC(=O)N(CCNCCc2ccc(O)c3c2OCC(=O)N3)C2CCCCC2)cc1. The van der Waals surface area contributed by atoms with Gasteiger partial charge in [-0.1, -0.05) is 55.2 Å². The highest BCUT2D eigenvalue weighted by atomic mass is 16.5. The summed E-state index contributed by atoms with van der Waals surface area (Å²) >= 11 is 0. The van der Waals surface area contributed by atoms with Crippen LogP contribution in [-0.2, 0) is 22.4 Å². The summed E-state index contributed by atoms with van der Waals surface area (Å²) in [7, 11) is 0. The number of anilines is 1. The van der Waals surface area contributed by atoms with E-state index in [-0.39, 0.29) is 24.2 Å². The minimum absolute atomic E-state index is 0.0102. The van der Waals surface area contributed by atoms with E-state index in [9.17, 15) is 14.7 Å². The third-order valence-electron chi connectivity index (χ3n) is 7.49. The highest BCUT2D eigenvalue weighted by Gasteiger charge is 2.25. The Balaban J connectivity index is 1.21. The molecule has 1 aliphatic heterocycles. The van der Waals surface area contributed by atoms with Gasteiger partial charge in [-0.05, 0) is 62.9 Å². The Kier molecular flexibility index (Phi) is 10.4. The number of rotatable bonds is 13. The van der Waals surface area contributed by atoms with Gasteiger partial charge in [-0.25, -0.2) is 0 Å². The lowest BCUT2D eigenvalue weighted by atomic mass is 9.94. The number of benzene rings is 2. The van der Waals surface area contributed by atoms with Gasteiger partial charge in [-0.3, -0.25) is 9.59 Å². The number of aryl methyl sites for hydroxylation is 1. The Bertz CT molecular complexity index is 1070. The molecule has 4 N–H and O–H groups in total. The van der Waals surface area contributed by atoms with E-state index in [4.69, 9.17) is 4.74 Å². The minimum atomic E-state index is -0.267. The number of ether oxygens (including phenoxy) is 1. The molecule has 0 saturated heterocycles. The van der Waals surface area contributed by atoms with Crippen molar-refractivity contribution in [3.8, 4) is 11.5 Å². The van der Waals surface area contributed by atoms with Gasteiger partial charge in [0.05, 0.1) is 0 Å². The third kappa shape index (κ3) is 7.95. The largest absolute Gasteiger partial charge is 0.506 e. The summed E-state index contributed by atoms with van der Waals surface area (Å²) in [6, 6.07) is 12.4. The van der Waals surface area contributed by atoms with Crippen LogP contribution in [0.3, 0.4) is 0 Å². The van der Waals surface area contributed by atoms with Crippen molar-refractivity contribution in [1.82, 2.24) is 15.5 Å². The Labute approximate surface area is 226 Å². The number of amides is 2. The van der Waals surface area contributed by atoms with E-state index in [2.05, 4.69) is 52.0 Å². The Hall–Kier alpha value is -3.10. The van der Waals surface area contributed by atoms with E-state index in [0.717, 1.165) is 37.9 Å². The summed E-state index contributed by atoms with van der Waals surface area (Å²) in [5.74, 6) is 0.520. The van der Waals surface area contributed by atoms with Crippen molar-refractivity contribution >= 4 is 17.5 Å². The molecule has 0 spiro atoms. The fourth-order valence-corrected chi connectivity index (χ4v) is 5.31. The van der Waals surface area contributed by atoms with E-state index < -0.39 is 0 Å². The average molecular weight is 523 g/mol. The summed E-state index contributed by atoms with van der Waals surface area (Å²) in [4.78, 5) is 26.9. The van der Waals surface area contributed by atoms with Crippen molar-refractivity contribution in [3.63, 3.8) is 0 Å². The number of carbonyl (C=O) groups excluding carboxylic acids is 2. The fraction of sp³-hybridized carbons (Fsp3) is 0.533. The standard InChI is InChI=1S/C30H42N4O4/c1-22-7-9-23(10-8-22)13-16-31-18-15-28(37)34(25-5-3-2-4-6-25)20-19-32-17-14-24-11-12-26(35)29-30(24)38-21-27(36)33-29/h7-12,25,31-32,35H,2-6,13-21H2,1H3,(H,33,36).